The maximum absolute atomic E-state index is 11.0. The van der Waals surface area contributed by atoms with Crippen molar-refractivity contribution in [3.05, 3.63) is 18.7 Å². The highest BCUT2D eigenvalue weighted by Gasteiger charge is 2.05. The average Bonchev–Trinajstić information content (AvgIpc) is 2.74. The fraction of sp³-hybridized carbons (Fsp3) is 0.250. The van der Waals surface area contributed by atoms with E-state index < -0.39 is 0 Å². The SMILES string of the molecule is CNC(=O)CNc1nccn2cnnc12. The van der Waals surface area contributed by atoms with Crippen LogP contribution in [0.3, 0.4) is 0 Å². The number of rotatable bonds is 3. The van der Waals surface area contributed by atoms with Gasteiger partial charge in [0, 0.05) is 19.4 Å². The molecule has 0 saturated carbocycles. The van der Waals surface area contributed by atoms with Crippen molar-refractivity contribution in [3.63, 3.8) is 0 Å². The van der Waals surface area contributed by atoms with E-state index in [4.69, 9.17) is 0 Å². The largest absolute Gasteiger partial charge is 0.358 e. The lowest BCUT2D eigenvalue weighted by atomic mass is 10.5. The van der Waals surface area contributed by atoms with Crippen LogP contribution >= 0.6 is 0 Å². The van der Waals surface area contributed by atoms with Crippen molar-refractivity contribution in [2.45, 2.75) is 0 Å². The molecule has 2 rings (SSSR count). The van der Waals surface area contributed by atoms with E-state index in [2.05, 4.69) is 25.8 Å². The molecule has 0 aromatic carbocycles. The lowest BCUT2D eigenvalue weighted by molar-refractivity contribution is -0.118. The molecule has 7 heteroatoms. The van der Waals surface area contributed by atoms with Gasteiger partial charge in [0.25, 0.3) is 0 Å². The highest BCUT2D eigenvalue weighted by atomic mass is 16.1. The maximum Gasteiger partial charge on any atom is 0.239 e. The Morgan fingerprint density at radius 2 is 2.47 bits per heavy atom. The Hall–Kier alpha value is -2.18. The molecule has 0 aliphatic carbocycles. The highest BCUT2D eigenvalue weighted by Crippen LogP contribution is 2.08. The Labute approximate surface area is 85.5 Å². The summed E-state index contributed by atoms with van der Waals surface area (Å²) in [6, 6.07) is 0. The Balaban J connectivity index is 2.20. The number of nitrogens with one attached hydrogen (secondary N) is 2. The lowest BCUT2D eigenvalue weighted by Crippen LogP contribution is -2.26. The van der Waals surface area contributed by atoms with Gasteiger partial charge in [0.05, 0.1) is 6.54 Å². The molecule has 0 unspecified atom stereocenters. The van der Waals surface area contributed by atoms with Crippen LogP contribution in [0.5, 0.6) is 0 Å². The molecule has 0 spiro atoms. The number of anilines is 1. The summed E-state index contributed by atoms with van der Waals surface area (Å²) in [4.78, 5) is 15.1. The topological polar surface area (TPSA) is 84.2 Å². The molecule has 2 heterocycles. The average molecular weight is 206 g/mol. The first kappa shape index (κ1) is 9.38. The molecule has 2 aromatic heterocycles. The molecular formula is C8H10N6O. The number of fused-ring (bicyclic) bond motifs is 1. The number of hydrogen-bond acceptors (Lipinski definition) is 5. The predicted octanol–water partition coefficient (Wildman–Crippen LogP) is -0.718. The third-order valence-corrected chi connectivity index (χ3v) is 1.91. The molecule has 15 heavy (non-hydrogen) atoms. The van der Waals surface area contributed by atoms with E-state index in [0.29, 0.717) is 11.5 Å². The monoisotopic (exact) mass is 206 g/mol. The third kappa shape index (κ3) is 1.85. The van der Waals surface area contributed by atoms with Gasteiger partial charge < -0.3 is 10.6 Å². The molecule has 0 aliphatic rings. The molecule has 0 atom stereocenters. The van der Waals surface area contributed by atoms with Crippen LogP contribution in [0.2, 0.25) is 0 Å². The molecule has 1 amide bonds. The molecule has 2 aromatic rings. The molecular weight excluding hydrogens is 196 g/mol. The molecule has 2 N–H and O–H groups in total. The van der Waals surface area contributed by atoms with E-state index >= 15 is 0 Å². The summed E-state index contributed by atoms with van der Waals surface area (Å²) in [5, 5.41) is 13.0. The Kier molecular flexibility index (Phi) is 2.44. The van der Waals surface area contributed by atoms with Crippen molar-refractivity contribution in [3.8, 4) is 0 Å². The first-order valence-electron chi connectivity index (χ1n) is 4.40. The van der Waals surface area contributed by atoms with E-state index in [0.717, 1.165) is 0 Å². The minimum absolute atomic E-state index is 0.113. The molecule has 0 aliphatic heterocycles. The van der Waals surface area contributed by atoms with Gasteiger partial charge >= 0.3 is 0 Å². The number of carbonyl (C=O) groups is 1. The van der Waals surface area contributed by atoms with Gasteiger partial charge in [-0.3, -0.25) is 9.20 Å². The normalized spacial score (nSPS) is 10.2. The number of carbonyl (C=O) groups excluding carboxylic acids is 1. The van der Waals surface area contributed by atoms with Crippen LogP contribution in [0, 0.1) is 0 Å². The second-order valence-corrected chi connectivity index (χ2v) is 2.86. The van der Waals surface area contributed by atoms with Gasteiger partial charge in [0.15, 0.2) is 5.82 Å². The Bertz CT molecular complexity index is 479. The van der Waals surface area contributed by atoms with Gasteiger partial charge in [0.2, 0.25) is 11.6 Å². The minimum atomic E-state index is -0.113. The van der Waals surface area contributed by atoms with Gasteiger partial charge in [-0.1, -0.05) is 0 Å². The van der Waals surface area contributed by atoms with Crippen LogP contribution in [-0.2, 0) is 4.79 Å². The molecule has 0 fully saturated rings. The van der Waals surface area contributed by atoms with Crippen LogP contribution < -0.4 is 10.6 Å². The van der Waals surface area contributed by atoms with E-state index in [1.54, 1.807) is 30.2 Å². The van der Waals surface area contributed by atoms with Crippen LogP contribution in [0.15, 0.2) is 18.7 Å². The van der Waals surface area contributed by atoms with Crippen molar-refractivity contribution in [1.29, 1.82) is 0 Å². The quantitative estimate of drug-likeness (QED) is 0.692. The standard InChI is InChI=1S/C8H10N6O/c1-9-6(15)4-11-7-8-13-12-5-14(8)3-2-10-7/h2-3,5H,4H2,1H3,(H,9,15)(H,10,11). The van der Waals surface area contributed by atoms with E-state index in [1.807, 2.05) is 0 Å². The Morgan fingerprint density at radius 1 is 1.60 bits per heavy atom. The summed E-state index contributed by atoms with van der Waals surface area (Å²) in [5.41, 5.74) is 0.599. The maximum atomic E-state index is 11.0. The van der Waals surface area contributed by atoms with Crippen molar-refractivity contribution in [2.24, 2.45) is 0 Å². The van der Waals surface area contributed by atoms with Crippen molar-refractivity contribution in [1.82, 2.24) is 24.9 Å². The number of aromatic nitrogens is 4. The minimum Gasteiger partial charge on any atom is -0.358 e. The zero-order valence-corrected chi connectivity index (χ0v) is 8.14. The number of amides is 1. The van der Waals surface area contributed by atoms with Gasteiger partial charge in [-0.2, -0.15) is 0 Å². The van der Waals surface area contributed by atoms with Crippen molar-refractivity contribution >= 4 is 17.4 Å². The number of likely N-dealkylation sites (N-methyl/N-ethyl adjacent to an activating group) is 1. The molecule has 78 valence electrons. The fourth-order valence-electron chi connectivity index (χ4n) is 1.14. The van der Waals surface area contributed by atoms with Crippen LogP contribution in [-0.4, -0.2) is 39.1 Å². The smallest absolute Gasteiger partial charge is 0.239 e. The van der Waals surface area contributed by atoms with Crippen molar-refractivity contribution < 1.29 is 4.79 Å². The van der Waals surface area contributed by atoms with E-state index in [-0.39, 0.29) is 12.5 Å². The first-order valence-corrected chi connectivity index (χ1v) is 4.40. The zero-order chi connectivity index (χ0) is 10.7. The van der Waals surface area contributed by atoms with Gasteiger partial charge in [-0.25, -0.2) is 4.98 Å². The lowest BCUT2D eigenvalue weighted by Gasteiger charge is -2.04. The van der Waals surface area contributed by atoms with Crippen LogP contribution in [0.1, 0.15) is 0 Å². The second-order valence-electron chi connectivity index (χ2n) is 2.86. The molecule has 0 radical (unpaired) electrons. The summed E-state index contributed by atoms with van der Waals surface area (Å²) in [6.45, 7) is 0.163. The number of nitrogens with zero attached hydrogens (tertiary/aromatic N) is 4. The predicted molar refractivity (Wildman–Crippen MR) is 53.3 cm³/mol. The highest BCUT2D eigenvalue weighted by molar-refractivity contribution is 5.81. The summed E-state index contributed by atoms with van der Waals surface area (Å²) >= 11 is 0. The summed E-state index contributed by atoms with van der Waals surface area (Å²) in [5.74, 6) is 0.428. The first-order chi connectivity index (χ1) is 7.31. The summed E-state index contributed by atoms with van der Waals surface area (Å²) < 4.78 is 1.72. The Morgan fingerprint density at radius 3 is 3.27 bits per heavy atom. The van der Waals surface area contributed by atoms with Gasteiger partial charge in [-0.05, 0) is 0 Å². The number of hydrogen-bond donors (Lipinski definition) is 2. The molecule has 0 bridgehead atoms. The van der Waals surface area contributed by atoms with Crippen LogP contribution in [0.25, 0.3) is 5.65 Å². The summed E-state index contributed by atoms with van der Waals surface area (Å²) in [6.07, 6.45) is 4.92. The third-order valence-electron chi connectivity index (χ3n) is 1.91. The summed E-state index contributed by atoms with van der Waals surface area (Å²) in [7, 11) is 1.58. The second kappa shape index (κ2) is 3.91. The zero-order valence-electron chi connectivity index (χ0n) is 8.14. The van der Waals surface area contributed by atoms with E-state index in [1.165, 1.54) is 0 Å². The van der Waals surface area contributed by atoms with Gasteiger partial charge in [-0.15, -0.1) is 10.2 Å². The molecule has 7 nitrogen and oxygen atoms in total. The van der Waals surface area contributed by atoms with Crippen LogP contribution in [0.4, 0.5) is 5.82 Å². The fourth-order valence-corrected chi connectivity index (χ4v) is 1.14. The van der Waals surface area contributed by atoms with Crippen molar-refractivity contribution in [2.75, 3.05) is 18.9 Å². The van der Waals surface area contributed by atoms with Gasteiger partial charge in [0.1, 0.15) is 6.33 Å². The van der Waals surface area contributed by atoms with E-state index in [9.17, 15) is 4.79 Å². The molecule has 0 saturated heterocycles.